The van der Waals surface area contributed by atoms with E-state index in [-0.39, 0.29) is 5.57 Å². The maximum absolute atomic E-state index is 12.0. The van der Waals surface area contributed by atoms with Crippen LogP contribution in [0.4, 0.5) is 5.13 Å². The van der Waals surface area contributed by atoms with E-state index in [1.807, 2.05) is 6.07 Å². The van der Waals surface area contributed by atoms with Crippen LogP contribution in [0.2, 0.25) is 0 Å². The molecule has 0 unspecified atom stereocenters. The average molecular weight is 300 g/mol. The molecule has 1 N–H and O–H groups in total. The van der Waals surface area contributed by atoms with E-state index in [9.17, 15) is 4.79 Å². The Hall–Kier alpha value is -2.72. The van der Waals surface area contributed by atoms with E-state index in [4.69, 9.17) is 10.00 Å². The minimum Gasteiger partial charge on any atom is -0.497 e. The van der Waals surface area contributed by atoms with Crippen molar-refractivity contribution in [2.24, 2.45) is 0 Å². The Balaban J connectivity index is 2.15. The summed E-state index contributed by atoms with van der Waals surface area (Å²) >= 11 is 1.25. The topological polar surface area (TPSA) is 87.9 Å². The summed E-state index contributed by atoms with van der Waals surface area (Å²) in [7, 11) is 1.57. The predicted molar refractivity (Wildman–Crippen MR) is 79.9 cm³/mol. The highest BCUT2D eigenvalue weighted by Crippen LogP contribution is 2.17. The molecular formula is C14H12N4O2S. The molecule has 0 aliphatic heterocycles. The van der Waals surface area contributed by atoms with Gasteiger partial charge in [-0.25, -0.2) is 0 Å². The molecule has 2 rings (SSSR count). The maximum atomic E-state index is 12.0. The molecule has 0 saturated carbocycles. The molecule has 6 nitrogen and oxygen atoms in total. The summed E-state index contributed by atoms with van der Waals surface area (Å²) in [4.78, 5) is 12.0. The number of carbonyl (C=O) groups is 1. The van der Waals surface area contributed by atoms with E-state index < -0.39 is 5.91 Å². The van der Waals surface area contributed by atoms with E-state index in [2.05, 4.69) is 15.5 Å². The average Bonchev–Trinajstić information content (AvgIpc) is 2.90. The molecule has 0 radical (unpaired) electrons. The largest absolute Gasteiger partial charge is 0.497 e. The van der Waals surface area contributed by atoms with Crippen molar-refractivity contribution in [1.82, 2.24) is 10.2 Å². The fraction of sp³-hybridized carbons (Fsp3) is 0.143. The number of aromatic nitrogens is 2. The molecule has 2 aromatic rings. The number of carbonyl (C=O) groups excluding carboxylic acids is 1. The Morgan fingerprint density at radius 1 is 1.38 bits per heavy atom. The van der Waals surface area contributed by atoms with Gasteiger partial charge in [0.1, 0.15) is 22.4 Å². The summed E-state index contributed by atoms with van der Waals surface area (Å²) in [6, 6.07) is 8.92. The quantitative estimate of drug-likeness (QED) is 0.692. The SMILES string of the molecule is COc1ccc(C=C(C#N)C(=O)Nc2nnc(C)s2)cc1. The molecular weight excluding hydrogens is 288 g/mol. The number of rotatable bonds is 4. The number of nitriles is 1. The molecule has 1 aromatic heterocycles. The fourth-order valence-electron chi connectivity index (χ4n) is 1.53. The van der Waals surface area contributed by atoms with Gasteiger partial charge in [0.2, 0.25) is 5.13 Å². The van der Waals surface area contributed by atoms with Gasteiger partial charge in [-0.15, -0.1) is 10.2 Å². The van der Waals surface area contributed by atoms with Crippen LogP contribution in [0.25, 0.3) is 6.08 Å². The summed E-state index contributed by atoms with van der Waals surface area (Å²) in [5, 5.41) is 20.3. The Morgan fingerprint density at radius 3 is 2.62 bits per heavy atom. The Labute approximate surface area is 125 Å². The number of amides is 1. The van der Waals surface area contributed by atoms with Crippen molar-refractivity contribution in [3.05, 3.63) is 40.4 Å². The van der Waals surface area contributed by atoms with Gasteiger partial charge >= 0.3 is 0 Å². The summed E-state index contributed by atoms with van der Waals surface area (Å²) in [5.74, 6) is 0.198. The van der Waals surface area contributed by atoms with E-state index in [1.54, 1.807) is 38.3 Å². The Morgan fingerprint density at radius 2 is 2.10 bits per heavy atom. The molecule has 21 heavy (non-hydrogen) atoms. The Kier molecular flexibility index (Phi) is 4.64. The first-order valence-electron chi connectivity index (χ1n) is 5.99. The zero-order chi connectivity index (χ0) is 15.2. The van der Waals surface area contributed by atoms with E-state index >= 15 is 0 Å². The lowest BCUT2D eigenvalue weighted by Gasteiger charge is -2.01. The van der Waals surface area contributed by atoms with Crippen molar-refractivity contribution in [3.8, 4) is 11.8 Å². The second-order valence-corrected chi connectivity index (χ2v) is 5.20. The molecule has 106 valence electrons. The van der Waals surface area contributed by atoms with Crippen LogP contribution in [0, 0.1) is 18.3 Å². The number of nitrogens with zero attached hydrogens (tertiary/aromatic N) is 3. The number of methoxy groups -OCH3 is 1. The van der Waals surface area contributed by atoms with Crippen LogP contribution in [-0.2, 0) is 4.79 Å². The van der Waals surface area contributed by atoms with Gasteiger partial charge in [-0.3, -0.25) is 10.1 Å². The maximum Gasteiger partial charge on any atom is 0.268 e. The molecule has 0 aliphatic rings. The molecule has 0 fully saturated rings. The summed E-state index contributed by atoms with van der Waals surface area (Å²) in [6.45, 7) is 1.78. The summed E-state index contributed by atoms with van der Waals surface area (Å²) in [5.41, 5.74) is 0.726. The van der Waals surface area contributed by atoms with E-state index in [1.165, 1.54) is 17.4 Å². The van der Waals surface area contributed by atoms with Crippen molar-refractivity contribution in [2.75, 3.05) is 12.4 Å². The van der Waals surface area contributed by atoms with Crippen molar-refractivity contribution in [1.29, 1.82) is 5.26 Å². The van der Waals surface area contributed by atoms with Gasteiger partial charge in [-0.05, 0) is 30.7 Å². The third kappa shape index (κ3) is 3.87. The number of benzene rings is 1. The molecule has 0 spiro atoms. The number of anilines is 1. The first-order valence-corrected chi connectivity index (χ1v) is 6.81. The third-order valence-corrected chi connectivity index (χ3v) is 3.29. The predicted octanol–water partition coefficient (Wildman–Crippen LogP) is 2.40. The van der Waals surface area contributed by atoms with Crippen LogP contribution in [0.1, 0.15) is 10.6 Å². The number of hydrogen-bond acceptors (Lipinski definition) is 6. The van der Waals surface area contributed by atoms with Crippen LogP contribution in [-0.4, -0.2) is 23.2 Å². The van der Waals surface area contributed by atoms with E-state index in [0.29, 0.717) is 10.9 Å². The number of aryl methyl sites for hydroxylation is 1. The second-order valence-electron chi connectivity index (χ2n) is 4.02. The van der Waals surface area contributed by atoms with Gasteiger partial charge in [0.15, 0.2) is 0 Å². The van der Waals surface area contributed by atoms with Gasteiger partial charge in [0.25, 0.3) is 5.91 Å². The molecule has 1 heterocycles. The normalized spacial score (nSPS) is 10.8. The fourth-order valence-corrected chi connectivity index (χ4v) is 2.11. The summed E-state index contributed by atoms with van der Waals surface area (Å²) < 4.78 is 5.05. The molecule has 7 heteroatoms. The zero-order valence-electron chi connectivity index (χ0n) is 11.5. The van der Waals surface area contributed by atoms with Crippen molar-refractivity contribution < 1.29 is 9.53 Å². The van der Waals surface area contributed by atoms with Gasteiger partial charge < -0.3 is 4.74 Å². The van der Waals surface area contributed by atoms with Gasteiger partial charge in [-0.2, -0.15) is 5.26 Å². The van der Waals surface area contributed by atoms with Crippen LogP contribution >= 0.6 is 11.3 Å². The first-order chi connectivity index (χ1) is 10.1. The number of hydrogen-bond donors (Lipinski definition) is 1. The molecule has 0 bridgehead atoms. The smallest absolute Gasteiger partial charge is 0.268 e. The van der Waals surface area contributed by atoms with E-state index in [0.717, 1.165) is 10.6 Å². The van der Waals surface area contributed by atoms with Crippen LogP contribution in [0.3, 0.4) is 0 Å². The number of ether oxygens (including phenoxy) is 1. The summed E-state index contributed by atoms with van der Waals surface area (Å²) in [6.07, 6.45) is 1.50. The molecule has 0 atom stereocenters. The monoisotopic (exact) mass is 300 g/mol. The zero-order valence-corrected chi connectivity index (χ0v) is 12.3. The van der Waals surface area contributed by atoms with Gasteiger partial charge in [-0.1, -0.05) is 23.5 Å². The van der Waals surface area contributed by atoms with Crippen LogP contribution in [0.15, 0.2) is 29.8 Å². The van der Waals surface area contributed by atoms with Crippen molar-refractivity contribution in [3.63, 3.8) is 0 Å². The molecule has 1 aromatic carbocycles. The standard InChI is InChI=1S/C14H12N4O2S/c1-9-17-18-14(21-9)16-13(19)11(8-15)7-10-3-5-12(20-2)6-4-10/h3-7H,1-2H3,(H,16,18,19). The lowest BCUT2D eigenvalue weighted by atomic mass is 10.1. The molecule has 1 amide bonds. The van der Waals surface area contributed by atoms with Crippen LogP contribution < -0.4 is 10.1 Å². The van der Waals surface area contributed by atoms with Gasteiger partial charge in [0.05, 0.1) is 7.11 Å². The minimum atomic E-state index is -0.510. The number of nitrogens with one attached hydrogen (secondary N) is 1. The molecule has 0 aliphatic carbocycles. The van der Waals surface area contributed by atoms with Gasteiger partial charge in [0, 0.05) is 0 Å². The minimum absolute atomic E-state index is 0.00646. The second kappa shape index (κ2) is 6.63. The van der Waals surface area contributed by atoms with Crippen LogP contribution in [0.5, 0.6) is 5.75 Å². The lowest BCUT2D eigenvalue weighted by Crippen LogP contribution is -2.13. The highest BCUT2D eigenvalue weighted by Gasteiger charge is 2.11. The van der Waals surface area contributed by atoms with Crippen molar-refractivity contribution in [2.45, 2.75) is 6.92 Å². The lowest BCUT2D eigenvalue weighted by molar-refractivity contribution is -0.112. The first kappa shape index (κ1) is 14.7. The third-order valence-electron chi connectivity index (χ3n) is 2.54. The highest BCUT2D eigenvalue weighted by atomic mass is 32.1. The highest BCUT2D eigenvalue weighted by molar-refractivity contribution is 7.15. The molecule has 0 saturated heterocycles. The Bertz CT molecular complexity index is 713. The van der Waals surface area contributed by atoms with Crippen molar-refractivity contribution >= 4 is 28.5 Å².